The maximum absolute atomic E-state index is 11.9. The van der Waals surface area contributed by atoms with Crippen LogP contribution in [-0.4, -0.2) is 73.5 Å². The highest BCUT2D eigenvalue weighted by atomic mass is 16.2. The van der Waals surface area contributed by atoms with Crippen molar-refractivity contribution in [1.29, 1.82) is 5.26 Å². The Morgan fingerprint density at radius 3 is 2.44 bits per heavy atom. The summed E-state index contributed by atoms with van der Waals surface area (Å²) in [5.41, 5.74) is 0. The first-order valence-electron chi connectivity index (χ1n) is 6.73. The van der Waals surface area contributed by atoms with Crippen molar-refractivity contribution in [2.24, 2.45) is 0 Å². The Morgan fingerprint density at radius 2 is 1.89 bits per heavy atom. The second kappa shape index (κ2) is 8.06. The van der Waals surface area contributed by atoms with Crippen LogP contribution in [0.5, 0.6) is 0 Å². The monoisotopic (exact) mass is 252 g/mol. The Morgan fingerprint density at radius 1 is 1.28 bits per heavy atom. The molecule has 0 aromatic heterocycles. The number of hydrogen-bond acceptors (Lipinski definition) is 4. The molecular weight excluding hydrogens is 228 g/mol. The first-order chi connectivity index (χ1) is 8.67. The summed E-state index contributed by atoms with van der Waals surface area (Å²) in [5.74, 6) is 0.120. The van der Waals surface area contributed by atoms with Crippen LogP contribution in [-0.2, 0) is 4.79 Å². The molecule has 1 saturated heterocycles. The van der Waals surface area contributed by atoms with Crippen molar-refractivity contribution < 1.29 is 4.79 Å². The summed E-state index contributed by atoms with van der Waals surface area (Å²) in [7, 11) is 1.77. The number of likely N-dealkylation sites (N-methyl/N-ethyl adjacent to an activating group) is 1. The van der Waals surface area contributed by atoms with Crippen LogP contribution in [0.4, 0.5) is 0 Å². The number of piperazine rings is 1. The van der Waals surface area contributed by atoms with Gasteiger partial charge in [-0.1, -0.05) is 6.92 Å². The summed E-state index contributed by atoms with van der Waals surface area (Å²) in [4.78, 5) is 18.2. The van der Waals surface area contributed by atoms with Gasteiger partial charge in [0.2, 0.25) is 5.91 Å². The molecule has 1 aliphatic heterocycles. The zero-order valence-electron chi connectivity index (χ0n) is 11.6. The molecule has 0 aliphatic carbocycles. The molecule has 0 atom stereocenters. The van der Waals surface area contributed by atoms with E-state index in [2.05, 4.69) is 22.8 Å². The lowest BCUT2D eigenvalue weighted by Crippen LogP contribution is -2.49. The summed E-state index contributed by atoms with van der Waals surface area (Å²) in [6.45, 7) is 8.43. The first kappa shape index (κ1) is 14.9. The molecule has 0 radical (unpaired) electrons. The lowest BCUT2D eigenvalue weighted by molar-refractivity contribution is -0.131. The van der Waals surface area contributed by atoms with E-state index in [1.165, 1.54) is 6.42 Å². The van der Waals surface area contributed by atoms with Crippen molar-refractivity contribution >= 4 is 5.91 Å². The van der Waals surface area contributed by atoms with Gasteiger partial charge < -0.3 is 9.80 Å². The minimum absolute atomic E-state index is 0.120. The molecule has 1 amide bonds. The third-order valence-corrected chi connectivity index (χ3v) is 3.35. The van der Waals surface area contributed by atoms with Gasteiger partial charge in [-0.3, -0.25) is 9.69 Å². The Balaban J connectivity index is 2.24. The molecule has 5 nitrogen and oxygen atoms in total. The van der Waals surface area contributed by atoms with Crippen molar-refractivity contribution in [3.8, 4) is 6.07 Å². The van der Waals surface area contributed by atoms with E-state index in [-0.39, 0.29) is 5.91 Å². The normalized spacial score (nSPS) is 17.4. The maximum atomic E-state index is 11.9. The molecule has 0 spiro atoms. The summed E-state index contributed by atoms with van der Waals surface area (Å²) in [5, 5.41) is 8.49. The van der Waals surface area contributed by atoms with Crippen LogP contribution in [0.3, 0.4) is 0 Å². The molecule has 0 aromatic rings. The fraction of sp³-hybridized carbons (Fsp3) is 0.846. The van der Waals surface area contributed by atoms with E-state index in [9.17, 15) is 4.79 Å². The number of carbonyl (C=O) groups excluding carboxylic acids is 1. The van der Waals surface area contributed by atoms with Gasteiger partial charge in [-0.05, 0) is 13.0 Å². The molecule has 1 fully saturated rings. The van der Waals surface area contributed by atoms with E-state index in [1.807, 2.05) is 0 Å². The number of nitrogens with zero attached hydrogens (tertiary/aromatic N) is 4. The number of nitriles is 1. The SMILES string of the molecule is CCCN1CCN(CC(=O)N(C)CCC#N)CC1. The molecular formula is C13H24N4O. The third kappa shape index (κ3) is 5.03. The zero-order chi connectivity index (χ0) is 13.4. The molecule has 1 heterocycles. The second-order valence-corrected chi connectivity index (χ2v) is 4.84. The van der Waals surface area contributed by atoms with Gasteiger partial charge in [-0.15, -0.1) is 0 Å². The van der Waals surface area contributed by atoms with Crippen LogP contribution in [0.25, 0.3) is 0 Å². The average molecular weight is 252 g/mol. The third-order valence-electron chi connectivity index (χ3n) is 3.35. The fourth-order valence-electron chi connectivity index (χ4n) is 2.14. The lowest BCUT2D eigenvalue weighted by atomic mass is 10.3. The Labute approximate surface area is 110 Å². The number of hydrogen-bond donors (Lipinski definition) is 0. The summed E-state index contributed by atoms with van der Waals surface area (Å²) in [6.07, 6.45) is 1.60. The van der Waals surface area contributed by atoms with Crippen molar-refractivity contribution in [3.05, 3.63) is 0 Å². The highest BCUT2D eigenvalue weighted by Gasteiger charge is 2.19. The largest absolute Gasteiger partial charge is 0.344 e. The zero-order valence-corrected chi connectivity index (χ0v) is 11.6. The van der Waals surface area contributed by atoms with E-state index in [0.29, 0.717) is 19.5 Å². The van der Waals surface area contributed by atoms with Crippen LogP contribution in [0.2, 0.25) is 0 Å². The Hall–Kier alpha value is -1.12. The summed E-state index contributed by atoms with van der Waals surface area (Å²) < 4.78 is 0. The van der Waals surface area contributed by atoms with Crippen LogP contribution < -0.4 is 0 Å². The number of amides is 1. The first-order valence-corrected chi connectivity index (χ1v) is 6.73. The Bertz CT molecular complexity index is 292. The van der Waals surface area contributed by atoms with Gasteiger partial charge in [0, 0.05) is 39.8 Å². The Kier molecular flexibility index (Phi) is 6.69. The molecule has 0 unspecified atom stereocenters. The van der Waals surface area contributed by atoms with Gasteiger partial charge in [0.15, 0.2) is 0 Å². The molecule has 0 bridgehead atoms. The molecule has 102 valence electrons. The number of carbonyl (C=O) groups is 1. The second-order valence-electron chi connectivity index (χ2n) is 4.84. The minimum atomic E-state index is 0.120. The van der Waals surface area contributed by atoms with Crippen molar-refractivity contribution in [2.45, 2.75) is 19.8 Å². The van der Waals surface area contributed by atoms with Crippen LogP contribution in [0.15, 0.2) is 0 Å². The van der Waals surface area contributed by atoms with Crippen LogP contribution in [0.1, 0.15) is 19.8 Å². The minimum Gasteiger partial charge on any atom is -0.344 e. The highest BCUT2D eigenvalue weighted by molar-refractivity contribution is 5.78. The smallest absolute Gasteiger partial charge is 0.236 e. The molecule has 1 rings (SSSR count). The lowest BCUT2D eigenvalue weighted by Gasteiger charge is -2.34. The standard InChI is InChI=1S/C13H24N4O/c1-3-6-16-8-10-17(11-9-16)12-13(18)15(2)7-4-5-14/h3-4,6-12H2,1-2H3. The molecule has 0 saturated carbocycles. The van der Waals surface area contributed by atoms with Gasteiger partial charge in [-0.2, -0.15) is 5.26 Å². The fourth-order valence-corrected chi connectivity index (χ4v) is 2.14. The molecule has 0 aromatic carbocycles. The van der Waals surface area contributed by atoms with Gasteiger partial charge >= 0.3 is 0 Å². The van der Waals surface area contributed by atoms with E-state index < -0.39 is 0 Å². The van der Waals surface area contributed by atoms with Crippen LogP contribution >= 0.6 is 0 Å². The summed E-state index contributed by atoms with van der Waals surface area (Å²) >= 11 is 0. The predicted molar refractivity (Wildman–Crippen MR) is 71.0 cm³/mol. The van der Waals surface area contributed by atoms with Crippen LogP contribution in [0, 0.1) is 11.3 Å². The average Bonchev–Trinajstić information content (AvgIpc) is 2.38. The topological polar surface area (TPSA) is 50.6 Å². The molecule has 5 heteroatoms. The van der Waals surface area contributed by atoms with E-state index in [4.69, 9.17) is 5.26 Å². The van der Waals surface area contributed by atoms with Gasteiger partial charge in [0.25, 0.3) is 0 Å². The van der Waals surface area contributed by atoms with Crippen molar-refractivity contribution in [2.75, 3.05) is 52.9 Å². The van der Waals surface area contributed by atoms with E-state index >= 15 is 0 Å². The van der Waals surface area contributed by atoms with Crippen molar-refractivity contribution in [1.82, 2.24) is 14.7 Å². The summed E-state index contributed by atoms with van der Waals surface area (Å²) in [6, 6.07) is 2.06. The molecule has 0 N–H and O–H groups in total. The van der Waals surface area contributed by atoms with Gasteiger partial charge in [0.1, 0.15) is 0 Å². The van der Waals surface area contributed by atoms with Gasteiger partial charge in [-0.25, -0.2) is 0 Å². The van der Waals surface area contributed by atoms with Crippen molar-refractivity contribution in [3.63, 3.8) is 0 Å². The quantitative estimate of drug-likeness (QED) is 0.686. The van der Waals surface area contributed by atoms with E-state index in [1.54, 1.807) is 11.9 Å². The predicted octanol–water partition coefficient (Wildman–Crippen LogP) is 0.386. The van der Waals surface area contributed by atoms with Gasteiger partial charge in [0.05, 0.1) is 19.0 Å². The number of rotatable bonds is 6. The molecule has 1 aliphatic rings. The van der Waals surface area contributed by atoms with E-state index in [0.717, 1.165) is 32.7 Å². The molecule has 18 heavy (non-hydrogen) atoms. The highest BCUT2D eigenvalue weighted by Crippen LogP contribution is 2.03. The maximum Gasteiger partial charge on any atom is 0.236 e.